The van der Waals surface area contributed by atoms with Crippen LogP contribution in [0.25, 0.3) is 6.08 Å². The number of imide groups is 1. The van der Waals surface area contributed by atoms with Gasteiger partial charge in [0, 0.05) is 12.6 Å². The molecule has 6 heteroatoms. The van der Waals surface area contributed by atoms with Crippen molar-refractivity contribution >= 4 is 24.3 Å². The molecule has 0 spiro atoms. The van der Waals surface area contributed by atoms with Crippen LogP contribution in [0.2, 0.25) is 0 Å². The molecule has 0 aliphatic carbocycles. The molecule has 0 bridgehead atoms. The van der Waals surface area contributed by atoms with Crippen molar-refractivity contribution in [3.63, 3.8) is 0 Å². The van der Waals surface area contributed by atoms with E-state index in [0.717, 1.165) is 15.5 Å². The number of carbonyl (C=O) groups is 3. The maximum Gasteiger partial charge on any atom is 0.351 e. The van der Waals surface area contributed by atoms with Crippen molar-refractivity contribution in [3.8, 4) is 0 Å². The molecular formula is C16H20N2O4. The van der Waals surface area contributed by atoms with E-state index < -0.39 is 11.9 Å². The second kappa shape index (κ2) is 9.46. The van der Waals surface area contributed by atoms with Crippen LogP contribution in [0.4, 0.5) is 4.79 Å². The molecule has 0 radical (unpaired) electrons. The van der Waals surface area contributed by atoms with Crippen LogP contribution in [0, 0.1) is 0 Å². The molecule has 0 saturated carbocycles. The van der Waals surface area contributed by atoms with Crippen molar-refractivity contribution < 1.29 is 19.2 Å². The van der Waals surface area contributed by atoms with Crippen LogP contribution in [-0.4, -0.2) is 47.9 Å². The summed E-state index contributed by atoms with van der Waals surface area (Å²) in [6, 6.07) is 8.54. The minimum atomic E-state index is -0.654. The number of nitrogens with zero attached hydrogens (tertiary/aromatic N) is 2. The SMILES string of the molecule is CCON(CC)C(=O)N(CC=O)C(=O)/C=C/c1ccccc1. The quantitative estimate of drug-likeness (QED) is 0.439. The average Bonchev–Trinajstić information content (AvgIpc) is 2.55. The van der Waals surface area contributed by atoms with E-state index in [4.69, 9.17) is 4.84 Å². The smallest absolute Gasteiger partial charge is 0.301 e. The Hall–Kier alpha value is -2.47. The summed E-state index contributed by atoms with van der Waals surface area (Å²) < 4.78 is 0. The normalized spacial score (nSPS) is 10.5. The van der Waals surface area contributed by atoms with Gasteiger partial charge in [-0.2, -0.15) is 0 Å². The van der Waals surface area contributed by atoms with E-state index >= 15 is 0 Å². The highest BCUT2D eigenvalue weighted by molar-refractivity contribution is 6.03. The number of hydroxylamine groups is 2. The van der Waals surface area contributed by atoms with Gasteiger partial charge in [-0.25, -0.2) is 9.86 Å². The number of carbonyl (C=O) groups excluding carboxylic acids is 3. The molecule has 0 N–H and O–H groups in total. The fourth-order valence-electron chi connectivity index (χ4n) is 1.73. The van der Waals surface area contributed by atoms with Gasteiger partial charge in [-0.3, -0.25) is 14.5 Å². The lowest BCUT2D eigenvalue weighted by molar-refractivity contribution is -0.137. The molecule has 0 atom stereocenters. The molecule has 6 nitrogen and oxygen atoms in total. The van der Waals surface area contributed by atoms with Gasteiger partial charge in [0.2, 0.25) is 0 Å². The van der Waals surface area contributed by atoms with Crippen molar-refractivity contribution in [2.45, 2.75) is 13.8 Å². The van der Waals surface area contributed by atoms with E-state index in [9.17, 15) is 14.4 Å². The predicted octanol–water partition coefficient (Wildman–Crippen LogP) is 2.12. The molecule has 1 aromatic carbocycles. The Balaban J connectivity index is 2.85. The van der Waals surface area contributed by atoms with Gasteiger partial charge in [-0.1, -0.05) is 30.3 Å². The second-order valence-corrected chi connectivity index (χ2v) is 4.25. The van der Waals surface area contributed by atoms with Gasteiger partial charge in [0.05, 0.1) is 13.2 Å². The number of hydrogen-bond acceptors (Lipinski definition) is 4. The van der Waals surface area contributed by atoms with Crippen molar-refractivity contribution in [2.24, 2.45) is 0 Å². The maximum absolute atomic E-state index is 12.2. The Labute approximate surface area is 129 Å². The highest BCUT2D eigenvalue weighted by Crippen LogP contribution is 2.05. The van der Waals surface area contributed by atoms with Crippen LogP contribution in [0.1, 0.15) is 19.4 Å². The minimum absolute atomic E-state index is 0.276. The summed E-state index contributed by atoms with van der Waals surface area (Å²) in [4.78, 5) is 41.1. The third-order valence-corrected chi connectivity index (χ3v) is 2.76. The first-order valence-corrected chi connectivity index (χ1v) is 7.06. The van der Waals surface area contributed by atoms with E-state index in [1.807, 2.05) is 30.3 Å². The van der Waals surface area contributed by atoms with Crippen LogP contribution in [0.15, 0.2) is 36.4 Å². The van der Waals surface area contributed by atoms with E-state index in [2.05, 4.69) is 0 Å². The van der Waals surface area contributed by atoms with Gasteiger partial charge in [-0.05, 0) is 25.5 Å². The Kier molecular flexibility index (Phi) is 7.56. The summed E-state index contributed by atoms with van der Waals surface area (Å²) in [7, 11) is 0. The summed E-state index contributed by atoms with van der Waals surface area (Å²) in [6.07, 6.45) is 3.35. The van der Waals surface area contributed by atoms with Crippen LogP contribution in [0.5, 0.6) is 0 Å². The first kappa shape index (κ1) is 17.6. The number of hydrogen-bond donors (Lipinski definition) is 0. The number of benzene rings is 1. The third-order valence-electron chi connectivity index (χ3n) is 2.76. The monoisotopic (exact) mass is 304 g/mol. The molecule has 0 fully saturated rings. The molecule has 0 heterocycles. The molecule has 22 heavy (non-hydrogen) atoms. The van der Waals surface area contributed by atoms with Crippen LogP contribution >= 0.6 is 0 Å². The van der Waals surface area contributed by atoms with E-state index in [-0.39, 0.29) is 13.1 Å². The zero-order chi connectivity index (χ0) is 16.4. The zero-order valence-electron chi connectivity index (χ0n) is 12.8. The van der Waals surface area contributed by atoms with Gasteiger partial charge in [-0.15, -0.1) is 0 Å². The van der Waals surface area contributed by atoms with E-state index in [0.29, 0.717) is 12.9 Å². The highest BCUT2D eigenvalue weighted by Gasteiger charge is 2.24. The molecule has 1 rings (SSSR count). The minimum Gasteiger partial charge on any atom is -0.301 e. The zero-order valence-corrected chi connectivity index (χ0v) is 12.8. The average molecular weight is 304 g/mol. The van der Waals surface area contributed by atoms with Crippen molar-refractivity contribution in [1.82, 2.24) is 9.96 Å². The molecular weight excluding hydrogens is 284 g/mol. The second-order valence-electron chi connectivity index (χ2n) is 4.25. The highest BCUT2D eigenvalue weighted by atomic mass is 16.7. The van der Waals surface area contributed by atoms with Gasteiger partial charge in [0.25, 0.3) is 5.91 Å². The Morgan fingerprint density at radius 1 is 1.18 bits per heavy atom. The molecule has 1 aromatic rings. The molecule has 0 saturated heterocycles. The lowest BCUT2D eigenvalue weighted by Gasteiger charge is -2.25. The standard InChI is InChI=1S/C16H20N2O4/c1-3-18(22-4-2)16(21)17(12-13-19)15(20)11-10-14-8-6-5-7-9-14/h5-11,13H,3-4,12H2,1-2H3/b11-10+. The number of urea groups is 1. The van der Waals surface area contributed by atoms with E-state index in [1.165, 1.54) is 6.08 Å². The lowest BCUT2D eigenvalue weighted by Crippen LogP contribution is -2.46. The van der Waals surface area contributed by atoms with Gasteiger partial charge in [0.1, 0.15) is 6.29 Å². The number of amides is 3. The molecule has 0 aliphatic heterocycles. The Morgan fingerprint density at radius 2 is 1.86 bits per heavy atom. The number of rotatable bonds is 7. The van der Waals surface area contributed by atoms with Crippen molar-refractivity contribution in [1.29, 1.82) is 0 Å². The van der Waals surface area contributed by atoms with Crippen LogP contribution in [-0.2, 0) is 14.4 Å². The van der Waals surface area contributed by atoms with Crippen LogP contribution < -0.4 is 0 Å². The largest absolute Gasteiger partial charge is 0.351 e. The molecule has 3 amide bonds. The topological polar surface area (TPSA) is 66.9 Å². The summed E-state index contributed by atoms with van der Waals surface area (Å²) in [5, 5.41) is 1.05. The molecule has 0 aromatic heterocycles. The maximum atomic E-state index is 12.2. The summed E-state index contributed by atoms with van der Waals surface area (Å²) in [5.41, 5.74) is 0.825. The first-order chi connectivity index (χ1) is 10.6. The summed E-state index contributed by atoms with van der Waals surface area (Å²) >= 11 is 0. The number of aldehydes is 1. The summed E-state index contributed by atoms with van der Waals surface area (Å²) in [6.45, 7) is 3.70. The van der Waals surface area contributed by atoms with Crippen LogP contribution in [0.3, 0.4) is 0 Å². The predicted molar refractivity (Wildman–Crippen MR) is 82.7 cm³/mol. The Morgan fingerprint density at radius 3 is 2.41 bits per heavy atom. The van der Waals surface area contributed by atoms with Gasteiger partial charge >= 0.3 is 6.03 Å². The third kappa shape index (κ3) is 5.14. The first-order valence-electron chi connectivity index (χ1n) is 7.06. The van der Waals surface area contributed by atoms with Crippen molar-refractivity contribution in [3.05, 3.63) is 42.0 Å². The molecule has 118 valence electrons. The fraction of sp³-hybridized carbons (Fsp3) is 0.312. The molecule has 0 aliphatic rings. The van der Waals surface area contributed by atoms with Gasteiger partial charge < -0.3 is 4.79 Å². The van der Waals surface area contributed by atoms with Gasteiger partial charge in [0.15, 0.2) is 0 Å². The summed E-state index contributed by atoms with van der Waals surface area (Å²) in [5.74, 6) is -0.570. The fourth-order valence-corrected chi connectivity index (χ4v) is 1.73. The molecule has 0 unspecified atom stereocenters. The van der Waals surface area contributed by atoms with E-state index in [1.54, 1.807) is 19.9 Å². The van der Waals surface area contributed by atoms with Crippen molar-refractivity contribution in [2.75, 3.05) is 19.7 Å². The Bertz CT molecular complexity index is 528. The lowest BCUT2D eigenvalue weighted by atomic mass is 10.2.